The van der Waals surface area contributed by atoms with Gasteiger partial charge in [0.15, 0.2) is 11.3 Å². The third kappa shape index (κ3) is 3.27. The molecule has 10 heteroatoms. The summed E-state index contributed by atoms with van der Waals surface area (Å²) in [5.41, 5.74) is 6.34. The van der Waals surface area contributed by atoms with Gasteiger partial charge in [0.2, 0.25) is 5.91 Å². The van der Waals surface area contributed by atoms with Crippen molar-refractivity contribution < 1.29 is 14.0 Å². The summed E-state index contributed by atoms with van der Waals surface area (Å²) in [6, 6.07) is 13.2. The lowest BCUT2D eigenvalue weighted by Crippen LogP contribution is -2.36. The summed E-state index contributed by atoms with van der Waals surface area (Å²) in [6.07, 6.45) is 0.697. The van der Waals surface area contributed by atoms with E-state index in [1.807, 2.05) is 24.3 Å². The minimum Gasteiger partial charge on any atom is -0.364 e. The summed E-state index contributed by atoms with van der Waals surface area (Å²) < 4.78 is 16.8. The summed E-state index contributed by atoms with van der Waals surface area (Å²) in [5.74, 6) is -1.72. The second-order valence-corrected chi connectivity index (χ2v) is 7.74. The molecule has 0 aliphatic carbocycles. The first-order valence-corrected chi connectivity index (χ1v) is 10.3. The van der Waals surface area contributed by atoms with E-state index in [0.29, 0.717) is 13.0 Å². The van der Waals surface area contributed by atoms with Crippen molar-refractivity contribution in [3.8, 4) is 5.69 Å². The Morgan fingerprint density at radius 3 is 2.48 bits per heavy atom. The molecule has 3 heterocycles. The van der Waals surface area contributed by atoms with Crippen molar-refractivity contribution in [2.75, 3.05) is 11.4 Å². The first-order chi connectivity index (χ1) is 15.9. The van der Waals surface area contributed by atoms with E-state index in [-0.39, 0.29) is 34.3 Å². The number of nitrogens with zero attached hydrogens (tertiary/aromatic N) is 5. The first-order valence-electron chi connectivity index (χ1n) is 10.3. The molecular formula is C23H19FN6O3. The molecule has 1 aliphatic heterocycles. The van der Waals surface area contributed by atoms with Gasteiger partial charge in [-0.05, 0) is 37.1 Å². The zero-order valence-electron chi connectivity index (χ0n) is 17.7. The minimum atomic E-state index is -0.885. The number of carbonyl (C=O) groups excluding carboxylic acids is 2. The number of imidazole rings is 1. The number of rotatable bonds is 4. The minimum absolute atomic E-state index is 0.000946. The van der Waals surface area contributed by atoms with Gasteiger partial charge in [-0.15, -0.1) is 0 Å². The van der Waals surface area contributed by atoms with Crippen LogP contribution in [0.4, 0.5) is 10.1 Å². The van der Waals surface area contributed by atoms with Crippen molar-refractivity contribution in [2.24, 2.45) is 5.73 Å². The van der Waals surface area contributed by atoms with Gasteiger partial charge in [0.05, 0.1) is 5.69 Å². The third-order valence-electron chi connectivity index (χ3n) is 5.69. The van der Waals surface area contributed by atoms with E-state index in [1.54, 1.807) is 11.0 Å². The van der Waals surface area contributed by atoms with Gasteiger partial charge in [-0.25, -0.2) is 23.7 Å². The van der Waals surface area contributed by atoms with Crippen LogP contribution in [0.15, 0.2) is 53.3 Å². The molecule has 2 N–H and O–H groups in total. The third-order valence-corrected chi connectivity index (χ3v) is 5.69. The molecule has 2 aromatic carbocycles. The zero-order chi connectivity index (χ0) is 23.3. The van der Waals surface area contributed by atoms with Crippen LogP contribution >= 0.6 is 0 Å². The predicted octanol–water partition coefficient (Wildman–Crippen LogP) is 1.72. The quantitative estimate of drug-likeness (QED) is 0.512. The largest absolute Gasteiger partial charge is 0.364 e. The van der Waals surface area contributed by atoms with Gasteiger partial charge >= 0.3 is 5.69 Å². The molecule has 9 nitrogen and oxygen atoms in total. The van der Waals surface area contributed by atoms with E-state index in [2.05, 4.69) is 9.97 Å². The maximum absolute atomic E-state index is 14.6. The highest BCUT2D eigenvalue weighted by Gasteiger charge is 2.29. The second-order valence-electron chi connectivity index (χ2n) is 7.74. The van der Waals surface area contributed by atoms with Gasteiger partial charge in [0.1, 0.15) is 23.7 Å². The van der Waals surface area contributed by atoms with Gasteiger partial charge < -0.3 is 10.6 Å². The number of primary amides is 1. The second kappa shape index (κ2) is 7.66. The zero-order valence-corrected chi connectivity index (χ0v) is 17.7. The number of amides is 2. The number of hydrogen-bond donors (Lipinski definition) is 1. The monoisotopic (exact) mass is 446 g/mol. The summed E-state index contributed by atoms with van der Waals surface area (Å²) in [7, 11) is 0. The standard InChI is InChI=1S/C23H19FN6O3/c1-13-26-19(21(25)32)20-22(27-13)30(17-9-5-3-7-15(17)24)23(33)29(20)12-18(31)28-11-10-14-6-2-4-8-16(14)28/h2-9H,10-12H2,1H3,(H2,25,32). The Kier molecular flexibility index (Phi) is 4.77. The van der Waals surface area contributed by atoms with Crippen LogP contribution in [-0.2, 0) is 17.8 Å². The summed E-state index contributed by atoms with van der Waals surface area (Å²) in [5, 5.41) is 0. The highest BCUT2D eigenvalue weighted by Crippen LogP contribution is 2.28. The molecule has 166 valence electrons. The van der Waals surface area contributed by atoms with Crippen molar-refractivity contribution in [1.82, 2.24) is 19.1 Å². The Hall–Kier alpha value is -4.34. The number of carbonyl (C=O) groups is 2. The molecule has 0 saturated heterocycles. The van der Waals surface area contributed by atoms with Crippen molar-refractivity contribution in [3.63, 3.8) is 0 Å². The van der Waals surface area contributed by atoms with Crippen LogP contribution in [0.25, 0.3) is 16.9 Å². The molecule has 0 fully saturated rings. The van der Waals surface area contributed by atoms with Crippen LogP contribution < -0.4 is 16.3 Å². The number of aromatic nitrogens is 4. The van der Waals surface area contributed by atoms with E-state index in [1.165, 1.54) is 25.1 Å². The Morgan fingerprint density at radius 2 is 1.76 bits per heavy atom. The molecule has 1 aliphatic rings. The molecule has 0 atom stereocenters. The Balaban J connectivity index is 1.72. The van der Waals surface area contributed by atoms with Crippen molar-refractivity contribution >= 4 is 28.7 Å². The molecule has 0 radical (unpaired) electrons. The number of aryl methyl sites for hydroxylation is 1. The van der Waals surface area contributed by atoms with Crippen LogP contribution in [0.3, 0.4) is 0 Å². The molecule has 2 aromatic heterocycles. The summed E-state index contributed by atoms with van der Waals surface area (Å²) in [6.45, 7) is 1.61. The maximum atomic E-state index is 14.6. The number of fused-ring (bicyclic) bond motifs is 2. The molecule has 0 bridgehead atoms. The first kappa shape index (κ1) is 20.6. The molecule has 0 saturated carbocycles. The molecule has 4 aromatic rings. The predicted molar refractivity (Wildman–Crippen MR) is 119 cm³/mol. The lowest BCUT2D eigenvalue weighted by atomic mass is 10.2. The fraction of sp³-hybridized carbons (Fsp3) is 0.174. The number of hydrogen-bond acceptors (Lipinski definition) is 5. The fourth-order valence-electron chi connectivity index (χ4n) is 4.25. The van der Waals surface area contributed by atoms with Crippen LogP contribution in [0.2, 0.25) is 0 Å². The fourth-order valence-corrected chi connectivity index (χ4v) is 4.25. The van der Waals surface area contributed by atoms with Crippen molar-refractivity contribution in [2.45, 2.75) is 19.9 Å². The van der Waals surface area contributed by atoms with Crippen LogP contribution in [0, 0.1) is 12.7 Å². The highest BCUT2D eigenvalue weighted by atomic mass is 19.1. The smallest absolute Gasteiger partial charge is 0.335 e. The number of para-hydroxylation sites is 2. The number of nitrogens with two attached hydrogens (primary N) is 1. The van der Waals surface area contributed by atoms with Gasteiger partial charge in [-0.3, -0.25) is 14.2 Å². The average molecular weight is 446 g/mol. The molecular weight excluding hydrogens is 427 g/mol. The van der Waals surface area contributed by atoms with Crippen LogP contribution in [-0.4, -0.2) is 37.5 Å². The van der Waals surface area contributed by atoms with Gasteiger partial charge in [0.25, 0.3) is 5.91 Å². The summed E-state index contributed by atoms with van der Waals surface area (Å²) in [4.78, 5) is 48.9. The molecule has 33 heavy (non-hydrogen) atoms. The van der Waals surface area contributed by atoms with E-state index >= 15 is 0 Å². The molecule has 0 spiro atoms. The van der Waals surface area contributed by atoms with Crippen LogP contribution in [0.1, 0.15) is 21.9 Å². The SMILES string of the molecule is Cc1nc(C(N)=O)c2c(n1)n(-c1ccccc1F)c(=O)n2CC(=O)N1CCc2ccccc21. The Labute approximate surface area is 186 Å². The van der Waals surface area contributed by atoms with Crippen molar-refractivity contribution in [3.05, 3.63) is 81.9 Å². The van der Waals surface area contributed by atoms with Gasteiger partial charge in [0, 0.05) is 12.2 Å². The molecule has 0 unspecified atom stereocenters. The Morgan fingerprint density at radius 1 is 1.06 bits per heavy atom. The normalized spacial score (nSPS) is 12.8. The topological polar surface area (TPSA) is 116 Å². The number of halogens is 1. The van der Waals surface area contributed by atoms with Gasteiger partial charge in [-0.1, -0.05) is 30.3 Å². The molecule has 5 rings (SSSR count). The highest BCUT2D eigenvalue weighted by molar-refractivity contribution is 6.03. The number of anilines is 1. The summed E-state index contributed by atoms with van der Waals surface area (Å²) >= 11 is 0. The number of benzene rings is 2. The van der Waals surface area contributed by atoms with Crippen molar-refractivity contribution in [1.29, 1.82) is 0 Å². The average Bonchev–Trinajstić information content (AvgIpc) is 3.33. The molecule has 2 amide bonds. The lowest BCUT2D eigenvalue weighted by Gasteiger charge is -2.17. The van der Waals surface area contributed by atoms with E-state index in [4.69, 9.17) is 5.73 Å². The van der Waals surface area contributed by atoms with Crippen LogP contribution in [0.5, 0.6) is 0 Å². The van der Waals surface area contributed by atoms with E-state index < -0.39 is 24.0 Å². The maximum Gasteiger partial charge on any atom is 0.335 e. The Bertz CT molecular complexity index is 1510. The van der Waals surface area contributed by atoms with Gasteiger partial charge in [-0.2, -0.15) is 0 Å². The van der Waals surface area contributed by atoms with E-state index in [9.17, 15) is 18.8 Å². The van der Waals surface area contributed by atoms with E-state index in [0.717, 1.165) is 20.4 Å². The lowest BCUT2D eigenvalue weighted by molar-refractivity contribution is -0.119.